The molecule has 0 radical (unpaired) electrons. The van der Waals surface area contributed by atoms with E-state index >= 15 is 0 Å². The Morgan fingerprint density at radius 1 is 0.691 bits per heavy atom. The lowest BCUT2D eigenvalue weighted by Crippen LogP contribution is -2.67. The number of esters is 1. The summed E-state index contributed by atoms with van der Waals surface area (Å²) in [7, 11) is 0. The molecule has 0 aromatic heterocycles. The summed E-state index contributed by atoms with van der Waals surface area (Å²) >= 11 is 0. The highest BCUT2D eigenvalue weighted by molar-refractivity contribution is 5.85. The Balaban J connectivity index is 0.837. The van der Waals surface area contributed by atoms with Crippen molar-refractivity contribution in [2.45, 2.75) is 197 Å². The predicted octanol–water partition coefficient (Wildman–Crippen LogP) is 2.22. The number of cyclic esters (lactones) is 1. The summed E-state index contributed by atoms with van der Waals surface area (Å²) in [5.41, 5.74) is -0.892. The van der Waals surface area contributed by atoms with Crippen LogP contribution in [-0.4, -0.2) is 135 Å². The lowest BCUT2D eigenvalue weighted by atomic mass is 9.42. The maximum absolute atomic E-state index is 12.6. The molecule has 4 saturated carbocycles. The summed E-state index contributed by atoms with van der Waals surface area (Å²) in [5, 5.41) is 66.9. The fraction of sp³-hybridized carbons (Fsp3) is 0.927. The maximum atomic E-state index is 12.6. The summed E-state index contributed by atoms with van der Waals surface area (Å²) < 4.78 is 42.1. The number of fused-ring (bicyclic) bond motifs is 5. The van der Waals surface area contributed by atoms with E-state index in [1.54, 1.807) is 19.9 Å². The molecule has 312 valence electrons. The van der Waals surface area contributed by atoms with Crippen molar-refractivity contribution < 1.29 is 68.6 Å². The highest BCUT2D eigenvalue weighted by Gasteiger charge is 2.71. The first-order valence-corrected chi connectivity index (χ1v) is 20.9. The van der Waals surface area contributed by atoms with Gasteiger partial charge in [-0.2, -0.15) is 0 Å². The van der Waals surface area contributed by atoms with E-state index in [1.807, 2.05) is 13.8 Å². The van der Waals surface area contributed by atoms with Crippen LogP contribution in [0.2, 0.25) is 0 Å². The van der Waals surface area contributed by atoms with Gasteiger partial charge in [-0.3, -0.25) is 0 Å². The van der Waals surface area contributed by atoms with E-state index in [4.69, 9.17) is 33.2 Å². The van der Waals surface area contributed by atoms with E-state index in [-0.39, 0.29) is 61.1 Å². The van der Waals surface area contributed by atoms with Gasteiger partial charge >= 0.3 is 5.97 Å². The standard InChI is InChI=1S/C41H64O14/c1-19-36(47)28(42)15-34(50-19)54-38-21(3)52-35(17-30(38)44)55-37-20(2)51-33(16-29(37)43)53-24-8-10-39(4)23(13-24)6-7-26-27(39)14-31(45)40(5)25(9-11-41(26,40)48)22-12-32(46)49-18-22/h12,19-21,23-31,33-38,42-45,47-48H,6-11,13-18H2,1-5H3/t19-,20-,21-,23-,24+,25-,26-,27-,28+,29-,30-,31-,33+,34+,35-,36+,37+,38+,39+,40+,41+/m1/s1. The number of rotatable bonds is 7. The molecule has 0 bridgehead atoms. The van der Waals surface area contributed by atoms with Crippen molar-refractivity contribution in [3.8, 4) is 0 Å². The number of aliphatic hydroxyl groups excluding tert-OH is 5. The van der Waals surface area contributed by atoms with E-state index in [2.05, 4.69) is 6.92 Å². The van der Waals surface area contributed by atoms with Crippen molar-refractivity contribution in [1.82, 2.24) is 0 Å². The van der Waals surface area contributed by atoms with Crippen LogP contribution in [0.3, 0.4) is 0 Å². The summed E-state index contributed by atoms with van der Waals surface area (Å²) in [6.07, 6.45) is -1.51. The molecule has 4 aliphatic heterocycles. The van der Waals surface area contributed by atoms with Crippen molar-refractivity contribution in [2.75, 3.05) is 6.61 Å². The molecule has 7 fully saturated rings. The Labute approximate surface area is 323 Å². The van der Waals surface area contributed by atoms with E-state index in [0.717, 1.165) is 44.1 Å². The minimum atomic E-state index is -1.01. The van der Waals surface area contributed by atoms with Crippen molar-refractivity contribution in [2.24, 2.45) is 34.5 Å². The molecular weight excluding hydrogens is 716 g/mol. The molecule has 21 atom stereocenters. The number of hydrogen-bond donors (Lipinski definition) is 6. The number of aliphatic hydroxyl groups is 6. The van der Waals surface area contributed by atoms with Gasteiger partial charge in [0, 0.05) is 30.8 Å². The molecule has 3 saturated heterocycles. The van der Waals surface area contributed by atoms with E-state index in [0.29, 0.717) is 18.8 Å². The van der Waals surface area contributed by atoms with Gasteiger partial charge in [0.1, 0.15) is 24.9 Å². The van der Waals surface area contributed by atoms with Crippen LogP contribution >= 0.6 is 0 Å². The Morgan fingerprint density at radius 2 is 1.29 bits per heavy atom. The fourth-order valence-corrected chi connectivity index (χ4v) is 12.8. The zero-order valence-electron chi connectivity index (χ0n) is 32.9. The summed E-state index contributed by atoms with van der Waals surface area (Å²) in [5.74, 6) is 0.204. The maximum Gasteiger partial charge on any atom is 0.331 e. The Hall–Kier alpha value is -1.27. The van der Waals surface area contributed by atoms with Crippen molar-refractivity contribution in [1.29, 1.82) is 0 Å². The molecule has 4 heterocycles. The van der Waals surface area contributed by atoms with Gasteiger partial charge < -0.3 is 63.8 Å². The quantitative estimate of drug-likeness (QED) is 0.162. The zero-order chi connectivity index (χ0) is 39.2. The van der Waals surface area contributed by atoms with Crippen molar-refractivity contribution in [3.05, 3.63) is 11.6 Å². The molecule has 0 spiro atoms. The molecule has 0 amide bonds. The van der Waals surface area contributed by atoms with Gasteiger partial charge in [-0.15, -0.1) is 0 Å². The van der Waals surface area contributed by atoms with Gasteiger partial charge in [-0.1, -0.05) is 13.8 Å². The normalized spacial score (nSPS) is 55.5. The predicted molar refractivity (Wildman–Crippen MR) is 193 cm³/mol. The Morgan fingerprint density at radius 3 is 1.87 bits per heavy atom. The molecule has 4 aliphatic carbocycles. The Bertz CT molecular complexity index is 1410. The van der Waals surface area contributed by atoms with Crippen LogP contribution in [0.5, 0.6) is 0 Å². The molecule has 6 N–H and O–H groups in total. The lowest BCUT2D eigenvalue weighted by Gasteiger charge is -2.65. The van der Waals surface area contributed by atoms with Gasteiger partial charge in [-0.05, 0) is 107 Å². The largest absolute Gasteiger partial charge is 0.458 e. The molecule has 0 unspecified atom stereocenters. The van der Waals surface area contributed by atoms with Gasteiger partial charge in [0.05, 0.1) is 54.4 Å². The van der Waals surface area contributed by atoms with Gasteiger partial charge in [0.2, 0.25) is 0 Å². The SMILES string of the molecule is C[C@H]1O[C@@H](O[C@@H]2[C@H](O)C[C@@H](O[C@@H]3[C@H](O)C[C@H](O[C@H]4CC[C@@]5(C)[C@H](CC[C@@H]6[C@H]5C[C@@H](O)[C@]5(C)[C@@H](C7=CC(=O)OC7)CC[C@]65O)C4)O[C@@H]3C)O[C@@H]2C)C[C@H](O)[C@H]1O. The van der Waals surface area contributed by atoms with Crippen molar-refractivity contribution in [3.63, 3.8) is 0 Å². The highest BCUT2D eigenvalue weighted by Crippen LogP contribution is 2.70. The van der Waals surface area contributed by atoms with Crippen LogP contribution in [0, 0.1) is 34.5 Å². The molecule has 55 heavy (non-hydrogen) atoms. The highest BCUT2D eigenvalue weighted by atomic mass is 16.7. The minimum absolute atomic E-state index is 0.0452. The average molecular weight is 781 g/mol. The third-order valence-electron chi connectivity index (χ3n) is 16.0. The number of ether oxygens (including phenoxy) is 7. The number of carbonyl (C=O) groups is 1. The molecule has 8 aliphatic rings. The first kappa shape index (κ1) is 40.5. The summed E-state index contributed by atoms with van der Waals surface area (Å²) in [4.78, 5) is 11.9. The third kappa shape index (κ3) is 6.95. The second-order valence-electron chi connectivity index (χ2n) is 18.8. The lowest BCUT2D eigenvalue weighted by molar-refractivity contribution is -0.336. The number of hydrogen-bond acceptors (Lipinski definition) is 14. The minimum Gasteiger partial charge on any atom is -0.458 e. The van der Waals surface area contributed by atoms with Crippen LogP contribution < -0.4 is 0 Å². The summed E-state index contributed by atoms with van der Waals surface area (Å²) in [6, 6.07) is 0. The molecule has 0 aromatic carbocycles. The number of carbonyl (C=O) groups excluding carboxylic acids is 1. The molecular formula is C41H64O14. The smallest absolute Gasteiger partial charge is 0.331 e. The average Bonchev–Trinajstić information content (AvgIpc) is 3.67. The summed E-state index contributed by atoms with van der Waals surface area (Å²) in [6.45, 7) is 9.90. The van der Waals surface area contributed by atoms with Gasteiger partial charge in [0.25, 0.3) is 0 Å². The first-order chi connectivity index (χ1) is 26.0. The van der Waals surface area contributed by atoms with Crippen LogP contribution in [0.4, 0.5) is 0 Å². The second-order valence-corrected chi connectivity index (χ2v) is 18.8. The van der Waals surface area contributed by atoms with Crippen molar-refractivity contribution >= 4 is 5.97 Å². The monoisotopic (exact) mass is 780 g/mol. The molecule has 14 heteroatoms. The van der Waals surface area contributed by atoms with Crippen LogP contribution in [0.1, 0.15) is 105 Å². The van der Waals surface area contributed by atoms with Gasteiger partial charge in [-0.25, -0.2) is 4.79 Å². The van der Waals surface area contributed by atoms with Crippen LogP contribution in [-0.2, 0) is 38.0 Å². The second kappa shape index (κ2) is 15.1. The van der Waals surface area contributed by atoms with E-state index in [9.17, 15) is 35.4 Å². The Kier molecular flexibility index (Phi) is 11.1. The van der Waals surface area contributed by atoms with Gasteiger partial charge in [0.15, 0.2) is 18.9 Å². The van der Waals surface area contributed by atoms with Crippen LogP contribution in [0.15, 0.2) is 11.6 Å². The third-order valence-corrected chi connectivity index (χ3v) is 16.0. The topological polar surface area (TPSA) is 203 Å². The zero-order valence-corrected chi connectivity index (χ0v) is 32.9. The molecule has 8 rings (SSSR count). The first-order valence-electron chi connectivity index (χ1n) is 20.9. The van der Waals surface area contributed by atoms with E-state index < -0.39 is 90.9 Å². The van der Waals surface area contributed by atoms with E-state index in [1.165, 1.54) is 0 Å². The molecule has 14 nitrogen and oxygen atoms in total. The molecule has 0 aromatic rings. The van der Waals surface area contributed by atoms with Crippen LogP contribution in [0.25, 0.3) is 0 Å². The fourth-order valence-electron chi connectivity index (χ4n) is 12.8.